The number of nitrogens with one attached hydrogen (secondary N) is 2. The quantitative estimate of drug-likeness (QED) is 0.471. The second kappa shape index (κ2) is 8.35. The molecule has 2 aromatic carbocycles. The predicted molar refractivity (Wildman–Crippen MR) is 107 cm³/mol. The Bertz CT molecular complexity index is 1020. The highest BCUT2D eigenvalue weighted by Crippen LogP contribution is 2.21. The van der Waals surface area contributed by atoms with Crippen LogP contribution in [0.2, 0.25) is 0 Å². The van der Waals surface area contributed by atoms with Gasteiger partial charge in [-0.1, -0.05) is 42.5 Å². The molecule has 4 aromatic rings. The van der Waals surface area contributed by atoms with Crippen LogP contribution in [-0.2, 0) is 13.1 Å². The summed E-state index contributed by atoms with van der Waals surface area (Å²) in [6.45, 7) is 1.05. The number of nitrogens with zero attached hydrogens (tertiary/aromatic N) is 2. The number of anilines is 2. The standard InChI is InChI=1S/C22H19FN4O/c23-18-10-8-16(9-11-18)14-24-20-13-21(25-15-19-7-4-12-28-19)27-22(26-20)17-5-2-1-3-6-17/h1-13H,14-15H2,(H2,24,25,26,27). The monoisotopic (exact) mass is 374 g/mol. The van der Waals surface area contributed by atoms with E-state index in [1.807, 2.05) is 48.5 Å². The number of rotatable bonds is 7. The van der Waals surface area contributed by atoms with Gasteiger partial charge < -0.3 is 15.1 Å². The molecule has 6 heteroatoms. The van der Waals surface area contributed by atoms with Crippen LogP contribution in [0.15, 0.2) is 83.5 Å². The van der Waals surface area contributed by atoms with Crippen molar-refractivity contribution in [1.82, 2.24) is 9.97 Å². The smallest absolute Gasteiger partial charge is 0.163 e. The first-order valence-corrected chi connectivity index (χ1v) is 8.95. The van der Waals surface area contributed by atoms with Gasteiger partial charge in [-0.15, -0.1) is 0 Å². The van der Waals surface area contributed by atoms with E-state index in [1.165, 1.54) is 12.1 Å². The van der Waals surface area contributed by atoms with Crippen molar-refractivity contribution >= 4 is 11.6 Å². The molecule has 4 rings (SSSR count). The lowest BCUT2D eigenvalue weighted by molar-refractivity contribution is 0.518. The summed E-state index contributed by atoms with van der Waals surface area (Å²) in [6.07, 6.45) is 1.64. The Labute approximate surface area is 162 Å². The summed E-state index contributed by atoms with van der Waals surface area (Å²) in [5.74, 6) is 2.56. The molecule has 0 unspecified atom stereocenters. The van der Waals surface area contributed by atoms with E-state index in [0.29, 0.717) is 30.5 Å². The minimum absolute atomic E-state index is 0.249. The van der Waals surface area contributed by atoms with E-state index < -0.39 is 0 Å². The molecule has 0 fully saturated rings. The van der Waals surface area contributed by atoms with E-state index in [4.69, 9.17) is 4.42 Å². The highest BCUT2D eigenvalue weighted by Gasteiger charge is 2.08. The molecule has 5 nitrogen and oxygen atoms in total. The van der Waals surface area contributed by atoms with Crippen molar-refractivity contribution in [1.29, 1.82) is 0 Å². The van der Waals surface area contributed by atoms with Crippen LogP contribution in [0.25, 0.3) is 11.4 Å². The number of hydrogen-bond donors (Lipinski definition) is 2. The maximum Gasteiger partial charge on any atom is 0.163 e. The fourth-order valence-electron chi connectivity index (χ4n) is 2.73. The molecule has 0 saturated carbocycles. The molecule has 0 aliphatic rings. The molecular formula is C22H19FN4O. The number of hydrogen-bond acceptors (Lipinski definition) is 5. The zero-order chi connectivity index (χ0) is 19.2. The first-order chi connectivity index (χ1) is 13.8. The normalized spacial score (nSPS) is 10.6. The molecule has 140 valence electrons. The van der Waals surface area contributed by atoms with Crippen molar-refractivity contribution in [3.63, 3.8) is 0 Å². The van der Waals surface area contributed by atoms with Crippen LogP contribution in [0.3, 0.4) is 0 Å². The van der Waals surface area contributed by atoms with Gasteiger partial charge in [0.15, 0.2) is 5.82 Å². The molecule has 0 atom stereocenters. The lowest BCUT2D eigenvalue weighted by Gasteiger charge is -2.11. The van der Waals surface area contributed by atoms with E-state index in [0.717, 1.165) is 16.9 Å². The third kappa shape index (κ3) is 4.54. The summed E-state index contributed by atoms with van der Waals surface area (Å²) >= 11 is 0. The summed E-state index contributed by atoms with van der Waals surface area (Å²) < 4.78 is 18.5. The molecule has 28 heavy (non-hydrogen) atoms. The molecular weight excluding hydrogens is 355 g/mol. The molecule has 0 saturated heterocycles. The van der Waals surface area contributed by atoms with Crippen molar-refractivity contribution in [2.75, 3.05) is 10.6 Å². The van der Waals surface area contributed by atoms with E-state index in [9.17, 15) is 4.39 Å². The fraction of sp³-hybridized carbons (Fsp3) is 0.0909. The van der Waals surface area contributed by atoms with Crippen LogP contribution >= 0.6 is 0 Å². The van der Waals surface area contributed by atoms with Crippen LogP contribution in [-0.4, -0.2) is 9.97 Å². The van der Waals surface area contributed by atoms with Gasteiger partial charge >= 0.3 is 0 Å². The molecule has 0 spiro atoms. The van der Waals surface area contributed by atoms with Gasteiger partial charge in [0.05, 0.1) is 12.8 Å². The van der Waals surface area contributed by atoms with Crippen LogP contribution in [0.1, 0.15) is 11.3 Å². The summed E-state index contributed by atoms with van der Waals surface area (Å²) in [5.41, 5.74) is 1.89. The van der Waals surface area contributed by atoms with Crippen LogP contribution in [0.5, 0.6) is 0 Å². The van der Waals surface area contributed by atoms with E-state index in [-0.39, 0.29) is 5.82 Å². The maximum atomic E-state index is 13.1. The van der Waals surface area contributed by atoms with Crippen LogP contribution in [0, 0.1) is 5.82 Å². The SMILES string of the molecule is Fc1ccc(CNc2cc(NCc3ccco3)nc(-c3ccccc3)n2)cc1. The molecule has 2 heterocycles. The summed E-state index contributed by atoms with van der Waals surface area (Å²) in [7, 11) is 0. The molecule has 0 aliphatic carbocycles. The molecule has 0 bridgehead atoms. The van der Waals surface area contributed by atoms with Gasteiger partial charge in [-0.3, -0.25) is 0 Å². The Morgan fingerprint density at radius 3 is 2.18 bits per heavy atom. The topological polar surface area (TPSA) is 63.0 Å². The third-order valence-corrected chi connectivity index (χ3v) is 4.17. The average Bonchev–Trinajstić information content (AvgIpc) is 3.26. The van der Waals surface area contributed by atoms with Gasteiger partial charge in [-0.25, -0.2) is 14.4 Å². The zero-order valence-electron chi connectivity index (χ0n) is 15.1. The van der Waals surface area contributed by atoms with Gasteiger partial charge in [0.1, 0.15) is 23.2 Å². The van der Waals surface area contributed by atoms with Gasteiger partial charge in [0, 0.05) is 18.2 Å². The molecule has 0 amide bonds. The lowest BCUT2D eigenvalue weighted by atomic mass is 10.2. The van der Waals surface area contributed by atoms with Crippen molar-refractivity contribution < 1.29 is 8.81 Å². The van der Waals surface area contributed by atoms with E-state index in [1.54, 1.807) is 18.4 Å². The highest BCUT2D eigenvalue weighted by molar-refractivity contribution is 5.61. The summed E-state index contributed by atoms with van der Waals surface area (Å²) in [6, 6.07) is 21.8. The van der Waals surface area contributed by atoms with Gasteiger partial charge in [-0.2, -0.15) is 0 Å². The molecule has 2 aromatic heterocycles. The first-order valence-electron chi connectivity index (χ1n) is 8.95. The number of aromatic nitrogens is 2. The van der Waals surface area contributed by atoms with Crippen LogP contribution < -0.4 is 10.6 Å². The number of furan rings is 1. The van der Waals surface area contributed by atoms with Crippen molar-refractivity contribution in [3.05, 3.63) is 96.2 Å². The summed E-state index contributed by atoms with van der Waals surface area (Å²) in [5, 5.41) is 6.56. The largest absolute Gasteiger partial charge is 0.467 e. The van der Waals surface area contributed by atoms with E-state index in [2.05, 4.69) is 20.6 Å². The second-order valence-corrected chi connectivity index (χ2v) is 6.24. The molecule has 2 N–H and O–H groups in total. The zero-order valence-corrected chi connectivity index (χ0v) is 15.1. The maximum absolute atomic E-state index is 13.1. The number of halogens is 1. The Kier molecular flexibility index (Phi) is 5.29. The second-order valence-electron chi connectivity index (χ2n) is 6.24. The third-order valence-electron chi connectivity index (χ3n) is 4.17. The Hall–Kier alpha value is -3.67. The summed E-state index contributed by atoms with van der Waals surface area (Å²) in [4.78, 5) is 9.24. The average molecular weight is 374 g/mol. The minimum Gasteiger partial charge on any atom is -0.467 e. The lowest BCUT2D eigenvalue weighted by Crippen LogP contribution is -2.07. The molecule has 0 aliphatic heterocycles. The predicted octanol–water partition coefficient (Wildman–Crippen LogP) is 5.10. The number of benzene rings is 2. The van der Waals surface area contributed by atoms with E-state index >= 15 is 0 Å². The van der Waals surface area contributed by atoms with Gasteiger partial charge in [0.2, 0.25) is 0 Å². The minimum atomic E-state index is -0.249. The van der Waals surface area contributed by atoms with Crippen molar-refractivity contribution in [3.8, 4) is 11.4 Å². The van der Waals surface area contributed by atoms with Gasteiger partial charge in [-0.05, 0) is 29.8 Å². The fourth-order valence-corrected chi connectivity index (χ4v) is 2.73. The Balaban J connectivity index is 1.56. The van der Waals surface area contributed by atoms with Gasteiger partial charge in [0.25, 0.3) is 0 Å². The molecule has 0 radical (unpaired) electrons. The first kappa shape index (κ1) is 17.7. The van der Waals surface area contributed by atoms with Crippen molar-refractivity contribution in [2.24, 2.45) is 0 Å². The Morgan fingerprint density at radius 1 is 0.786 bits per heavy atom. The highest BCUT2D eigenvalue weighted by atomic mass is 19.1. The van der Waals surface area contributed by atoms with Crippen molar-refractivity contribution in [2.45, 2.75) is 13.1 Å². The Morgan fingerprint density at radius 2 is 1.50 bits per heavy atom. The van der Waals surface area contributed by atoms with Crippen LogP contribution in [0.4, 0.5) is 16.0 Å².